The maximum absolute atomic E-state index is 3.80. The highest BCUT2D eigenvalue weighted by atomic mass is 32.1. The smallest absolute Gasteiger partial charge is 0.0454 e. The summed E-state index contributed by atoms with van der Waals surface area (Å²) in [6.45, 7) is 5.69. The number of fused-ring (bicyclic) bond motifs is 1. The predicted molar refractivity (Wildman–Crippen MR) is 91.9 cm³/mol. The van der Waals surface area contributed by atoms with E-state index < -0.39 is 0 Å². The molecule has 1 aliphatic rings. The van der Waals surface area contributed by atoms with E-state index in [1.807, 2.05) is 22.7 Å². The van der Waals surface area contributed by atoms with Gasteiger partial charge in [-0.15, -0.1) is 22.7 Å². The maximum atomic E-state index is 3.80. The van der Waals surface area contributed by atoms with Crippen molar-refractivity contribution in [3.05, 3.63) is 22.4 Å². The highest BCUT2D eigenvalue weighted by Crippen LogP contribution is 2.43. The molecule has 1 N–H and O–H groups in total. The quantitative estimate of drug-likeness (QED) is 0.733. The Kier molecular flexibility index (Phi) is 4.79. The molecule has 0 amide bonds. The van der Waals surface area contributed by atoms with E-state index in [4.69, 9.17) is 0 Å². The Morgan fingerprint density at radius 1 is 1.25 bits per heavy atom. The normalized spacial score (nSPS) is 25.1. The van der Waals surface area contributed by atoms with Crippen LogP contribution in [0.1, 0.15) is 56.9 Å². The summed E-state index contributed by atoms with van der Waals surface area (Å²) in [5.41, 5.74) is 0. The molecule has 1 aliphatic carbocycles. The molecule has 20 heavy (non-hydrogen) atoms. The van der Waals surface area contributed by atoms with E-state index in [0.29, 0.717) is 6.04 Å². The van der Waals surface area contributed by atoms with Gasteiger partial charge in [-0.25, -0.2) is 0 Å². The third-order valence-electron chi connectivity index (χ3n) is 4.81. The van der Waals surface area contributed by atoms with Gasteiger partial charge < -0.3 is 5.32 Å². The summed E-state index contributed by atoms with van der Waals surface area (Å²) in [5.74, 6) is 1.74. The van der Waals surface area contributed by atoms with Crippen LogP contribution < -0.4 is 5.32 Å². The third-order valence-corrected chi connectivity index (χ3v) is 6.99. The van der Waals surface area contributed by atoms with Gasteiger partial charge in [-0.2, -0.15) is 0 Å². The number of thiophene rings is 2. The average Bonchev–Trinajstić information content (AvgIpc) is 3.06. The topological polar surface area (TPSA) is 12.0 Å². The molecule has 0 bridgehead atoms. The first-order valence-electron chi connectivity index (χ1n) is 8.03. The fourth-order valence-corrected chi connectivity index (χ4v) is 6.07. The standard InChI is InChI=1S/C17H25NS2/c1-3-12-7-5-6-8-13(12)17(18-4-2)16-11-15-14(20-16)9-10-19-15/h9-13,17-18H,3-8H2,1-2H3. The zero-order chi connectivity index (χ0) is 13.9. The van der Waals surface area contributed by atoms with Crippen LogP contribution in [0.15, 0.2) is 17.5 Å². The molecule has 1 saturated carbocycles. The Morgan fingerprint density at radius 2 is 2.10 bits per heavy atom. The van der Waals surface area contributed by atoms with E-state index >= 15 is 0 Å². The van der Waals surface area contributed by atoms with Crippen LogP contribution in [0, 0.1) is 11.8 Å². The Balaban J connectivity index is 1.88. The van der Waals surface area contributed by atoms with Gasteiger partial charge in [0.2, 0.25) is 0 Å². The molecule has 2 aromatic heterocycles. The van der Waals surface area contributed by atoms with Gasteiger partial charge in [0, 0.05) is 20.3 Å². The zero-order valence-corrected chi connectivity index (χ0v) is 14.2. The molecule has 110 valence electrons. The van der Waals surface area contributed by atoms with Crippen LogP contribution in [-0.4, -0.2) is 6.54 Å². The van der Waals surface area contributed by atoms with E-state index in [9.17, 15) is 0 Å². The van der Waals surface area contributed by atoms with Gasteiger partial charge in [0.15, 0.2) is 0 Å². The summed E-state index contributed by atoms with van der Waals surface area (Å²) in [7, 11) is 0. The lowest BCUT2D eigenvalue weighted by Crippen LogP contribution is -2.33. The first-order valence-corrected chi connectivity index (χ1v) is 9.73. The van der Waals surface area contributed by atoms with Gasteiger partial charge in [0.25, 0.3) is 0 Å². The van der Waals surface area contributed by atoms with Gasteiger partial charge >= 0.3 is 0 Å². The summed E-state index contributed by atoms with van der Waals surface area (Å²) in [6.07, 6.45) is 7.03. The van der Waals surface area contributed by atoms with Crippen LogP contribution in [0.25, 0.3) is 9.40 Å². The summed E-state index contributed by atoms with van der Waals surface area (Å²) >= 11 is 3.89. The second-order valence-corrected chi connectivity index (χ2v) is 8.01. The molecule has 3 unspecified atom stereocenters. The van der Waals surface area contributed by atoms with E-state index in [-0.39, 0.29) is 0 Å². The van der Waals surface area contributed by atoms with Gasteiger partial charge in [-0.05, 0) is 42.3 Å². The molecule has 0 radical (unpaired) electrons. The van der Waals surface area contributed by atoms with Crippen molar-refractivity contribution in [2.24, 2.45) is 11.8 Å². The molecule has 3 atom stereocenters. The van der Waals surface area contributed by atoms with E-state index in [1.54, 1.807) is 4.88 Å². The van der Waals surface area contributed by atoms with Crippen molar-refractivity contribution in [2.75, 3.05) is 6.54 Å². The average molecular weight is 308 g/mol. The lowest BCUT2D eigenvalue weighted by atomic mass is 9.73. The van der Waals surface area contributed by atoms with Crippen molar-refractivity contribution in [2.45, 2.75) is 52.0 Å². The summed E-state index contributed by atoms with van der Waals surface area (Å²) in [6, 6.07) is 5.30. The van der Waals surface area contributed by atoms with Gasteiger partial charge in [-0.1, -0.05) is 39.5 Å². The van der Waals surface area contributed by atoms with Gasteiger partial charge in [-0.3, -0.25) is 0 Å². The summed E-state index contributed by atoms with van der Waals surface area (Å²) in [5, 5.41) is 6.01. The predicted octanol–water partition coefficient (Wildman–Crippen LogP) is 5.83. The maximum Gasteiger partial charge on any atom is 0.0454 e. The van der Waals surface area contributed by atoms with Crippen LogP contribution in [-0.2, 0) is 0 Å². The van der Waals surface area contributed by atoms with Crippen LogP contribution >= 0.6 is 22.7 Å². The van der Waals surface area contributed by atoms with E-state index in [0.717, 1.165) is 18.4 Å². The van der Waals surface area contributed by atoms with Crippen LogP contribution in [0.3, 0.4) is 0 Å². The molecule has 1 fully saturated rings. The van der Waals surface area contributed by atoms with Crippen LogP contribution in [0.2, 0.25) is 0 Å². The monoisotopic (exact) mass is 307 g/mol. The fourth-order valence-electron chi connectivity index (χ4n) is 3.80. The Labute approximate surface area is 130 Å². The molecule has 0 saturated heterocycles. The molecule has 3 rings (SSSR count). The molecule has 1 nitrogen and oxygen atoms in total. The number of rotatable bonds is 5. The van der Waals surface area contributed by atoms with E-state index in [2.05, 4.69) is 36.7 Å². The molecule has 0 aromatic carbocycles. The van der Waals surface area contributed by atoms with Crippen molar-refractivity contribution in [1.29, 1.82) is 0 Å². The highest BCUT2D eigenvalue weighted by Gasteiger charge is 2.32. The van der Waals surface area contributed by atoms with Crippen molar-refractivity contribution in [3.8, 4) is 0 Å². The second-order valence-electron chi connectivity index (χ2n) is 5.95. The zero-order valence-electron chi connectivity index (χ0n) is 12.5. The van der Waals surface area contributed by atoms with Crippen LogP contribution in [0.4, 0.5) is 0 Å². The molecular formula is C17H25NS2. The summed E-state index contributed by atoms with van der Waals surface area (Å²) < 4.78 is 2.94. The first kappa shape index (κ1) is 14.6. The fraction of sp³-hybridized carbons (Fsp3) is 0.647. The minimum Gasteiger partial charge on any atom is -0.309 e. The second kappa shape index (κ2) is 6.59. The molecule has 0 spiro atoms. The lowest BCUT2D eigenvalue weighted by Gasteiger charge is -2.37. The molecular weight excluding hydrogens is 282 g/mol. The number of hydrogen-bond donors (Lipinski definition) is 1. The summed E-state index contributed by atoms with van der Waals surface area (Å²) in [4.78, 5) is 1.57. The van der Waals surface area contributed by atoms with E-state index in [1.165, 1.54) is 41.5 Å². The Hall–Kier alpha value is -0.380. The molecule has 0 aliphatic heterocycles. The molecule has 2 heterocycles. The number of nitrogens with one attached hydrogen (secondary N) is 1. The molecule has 3 heteroatoms. The minimum absolute atomic E-state index is 0.579. The van der Waals surface area contributed by atoms with Crippen molar-refractivity contribution < 1.29 is 0 Å². The van der Waals surface area contributed by atoms with Gasteiger partial charge in [0.1, 0.15) is 0 Å². The Bertz CT molecular complexity index is 513. The first-order chi connectivity index (χ1) is 9.83. The third kappa shape index (κ3) is 2.81. The van der Waals surface area contributed by atoms with Crippen molar-refractivity contribution in [3.63, 3.8) is 0 Å². The van der Waals surface area contributed by atoms with Crippen molar-refractivity contribution in [1.82, 2.24) is 5.32 Å². The lowest BCUT2D eigenvalue weighted by molar-refractivity contribution is 0.178. The minimum atomic E-state index is 0.579. The highest BCUT2D eigenvalue weighted by molar-refractivity contribution is 7.26. The van der Waals surface area contributed by atoms with Gasteiger partial charge in [0.05, 0.1) is 0 Å². The largest absolute Gasteiger partial charge is 0.309 e. The molecule has 2 aromatic rings. The van der Waals surface area contributed by atoms with Crippen LogP contribution in [0.5, 0.6) is 0 Å². The van der Waals surface area contributed by atoms with Crippen molar-refractivity contribution >= 4 is 32.1 Å². The number of hydrogen-bond acceptors (Lipinski definition) is 3. The SMILES string of the molecule is CCNC(c1cc2sccc2s1)C1CCCCC1CC. The Morgan fingerprint density at radius 3 is 2.85 bits per heavy atom.